The third-order valence-electron chi connectivity index (χ3n) is 3.34. The maximum atomic E-state index is 12.6. The van der Waals surface area contributed by atoms with E-state index in [4.69, 9.17) is 5.73 Å². The lowest BCUT2D eigenvalue weighted by Gasteiger charge is -2.13. The average molecular weight is 348 g/mol. The smallest absolute Gasteiger partial charge is 0.337 e. The monoisotopic (exact) mass is 348 g/mol. The second-order valence-electron chi connectivity index (χ2n) is 4.99. The van der Waals surface area contributed by atoms with E-state index in [-0.39, 0.29) is 21.7 Å². The number of hydrogen-bond donors (Lipinski definition) is 2. The average Bonchev–Trinajstić information content (AvgIpc) is 2.54. The summed E-state index contributed by atoms with van der Waals surface area (Å²) in [5.41, 5.74) is 5.90. The van der Waals surface area contributed by atoms with E-state index in [0.717, 1.165) is 0 Å². The summed E-state index contributed by atoms with van der Waals surface area (Å²) < 4.78 is 32.2. The van der Waals surface area contributed by atoms with Crippen LogP contribution in [0.2, 0.25) is 0 Å². The van der Waals surface area contributed by atoms with Crippen LogP contribution in [0, 0.1) is 6.92 Å². The molecular formula is C16H16N2O5S. The second kappa shape index (κ2) is 6.71. The first-order valence-electron chi connectivity index (χ1n) is 6.87. The van der Waals surface area contributed by atoms with Gasteiger partial charge < -0.3 is 10.5 Å². The molecule has 24 heavy (non-hydrogen) atoms. The zero-order chi connectivity index (χ0) is 17.9. The van der Waals surface area contributed by atoms with Crippen LogP contribution >= 0.6 is 0 Å². The van der Waals surface area contributed by atoms with Crippen molar-refractivity contribution in [3.63, 3.8) is 0 Å². The van der Waals surface area contributed by atoms with Crippen molar-refractivity contribution in [2.45, 2.75) is 11.8 Å². The van der Waals surface area contributed by atoms with Gasteiger partial charge in [0.25, 0.3) is 15.9 Å². The Kier molecular flexibility index (Phi) is 4.89. The number of para-hydroxylation sites is 1. The van der Waals surface area contributed by atoms with Crippen molar-refractivity contribution in [3.05, 3.63) is 59.2 Å². The van der Waals surface area contributed by atoms with Crippen molar-refractivity contribution in [3.8, 4) is 0 Å². The summed E-state index contributed by atoms with van der Waals surface area (Å²) in [7, 11) is -2.82. The highest BCUT2D eigenvalue weighted by molar-refractivity contribution is 7.92. The number of carbonyl (C=O) groups is 2. The molecule has 7 nitrogen and oxygen atoms in total. The Morgan fingerprint density at radius 1 is 1.12 bits per heavy atom. The number of amides is 1. The largest absolute Gasteiger partial charge is 0.465 e. The standard InChI is InChI=1S/C16H16N2O5S/c1-10-7-8-11(16(20)23-2)9-14(10)24(21,22)18-13-6-4-3-5-12(13)15(17)19/h3-9,18H,1-2H3,(H2,17,19). The highest BCUT2D eigenvalue weighted by Crippen LogP contribution is 2.23. The summed E-state index contributed by atoms with van der Waals surface area (Å²) in [4.78, 5) is 22.9. The van der Waals surface area contributed by atoms with Crippen LogP contribution in [0.25, 0.3) is 0 Å². The number of ether oxygens (including phenoxy) is 1. The third kappa shape index (κ3) is 3.54. The summed E-state index contributed by atoms with van der Waals surface area (Å²) in [5, 5.41) is 0. The maximum absolute atomic E-state index is 12.6. The van der Waals surface area contributed by atoms with Crippen LogP contribution in [0.3, 0.4) is 0 Å². The number of methoxy groups -OCH3 is 1. The van der Waals surface area contributed by atoms with Gasteiger partial charge in [0.05, 0.1) is 28.8 Å². The minimum Gasteiger partial charge on any atom is -0.465 e. The zero-order valence-electron chi connectivity index (χ0n) is 13.1. The molecule has 0 spiro atoms. The number of anilines is 1. The lowest BCUT2D eigenvalue weighted by atomic mass is 10.1. The van der Waals surface area contributed by atoms with Crippen LogP contribution in [0.15, 0.2) is 47.4 Å². The van der Waals surface area contributed by atoms with Gasteiger partial charge in [-0.1, -0.05) is 18.2 Å². The molecule has 3 N–H and O–H groups in total. The fraction of sp³-hybridized carbons (Fsp3) is 0.125. The number of benzene rings is 2. The maximum Gasteiger partial charge on any atom is 0.337 e. The second-order valence-corrected chi connectivity index (χ2v) is 6.64. The van der Waals surface area contributed by atoms with Gasteiger partial charge in [-0.15, -0.1) is 0 Å². The van der Waals surface area contributed by atoms with Crippen LogP contribution in [0.5, 0.6) is 0 Å². The fourth-order valence-electron chi connectivity index (χ4n) is 2.12. The minimum absolute atomic E-state index is 0.0443. The van der Waals surface area contributed by atoms with Gasteiger partial charge in [0.2, 0.25) is 0 Å². The number of nitrogens with two attached hydrogens (primary N) is 1. The van der Waals surface area contributed by atoms with E-state index < -0.39 is 21.9 Å². The summed E-state index contributed by atoms with van der Waals surface area (Å²) in [5.74, 6) is -1.41. The molecule has 0 aliphatic heterocycles. The molecule has 0 saturated heterocycles. The molecule has 8 heteroatoms. The SMILES string of the molecule is COC(=O)c1ccc(C)c(S(=O)(=O)Nc2ccccc2C(N)=O)c1. The molecule has 0 aliphatic carbocycles. The van der Waals surface area contributed by atoms with Crippen LogP contribution in [0.1, 0.15) is 26.3 Å². The van der Waals surface area contributed by atoms with E-state index in [1.807, 2.05) is 0 Å². The molecule has 2 aromatic rings. The molecule has 2 rings (SSSR count). The fourth-order valence-corrected chi connectivity index (χ4v) is 3.47. The highest BCUT2D eigenvalue weighted by Gasteiger charge is 2.21. The topological polar surface area (TPSA) is 116 Å². The van der Waals surface area contributed by atoms with E-state index >= 15 is 0 Å². The lowest BCUT2D eigenvalue weighted by Crippen LogP contribution is -2.19. The van der Waals surface area contributed by atoms with Gasteiger partial charge in [-0.3, -0.25) is 9.52 Å². The molecule has 0 aliphatic rings. The molecule has 0 heterocycles. The van der Waals surface area contributed by atoms with Crippen molar-refractivity contribution < 1.29 is 22.7 Å². The quantitative estimate of drug-likeness (QED) is 0.798. The Morgan fingerprint density at radius 2 is 1.79 bits per heavy atom. The van der Waals surface area contributed by atoms with Gasteiger partial charge in [-0.05, 0) is 36.8 Å². The Bertz CT molecular complexity index is 906. The molecule has 0 radical (unpaired) electrons. The number of sulfonamides is 1. The van der Waals surface area contributed by atoms with E-state index in [9.17, 15) is 18.0 Å². The van der Waals surface area contributed by atoms with Gasteiger partial charge >= 0.3 is 5.97 Å². The summed E-state index contributed by atoms with van der Waals surface area (Å²) in [6.45, 7) is 1.59. The van der Waals surface area contributed by atoms with E-state index in [0.29, 0.717) is 5.56 Å². The van der Waals surface area contributed by atoms with Crippen molar-refractivity contribution in [1.82, 2.24) is 0 Å². The zero-order valence-corrected chi connectivity index (χ0v) is 13.9. The number of primary amides is 1. The number of rotatable bonds is 5. The van der Waals surface area contributed by atoms with Crippen molar-refractivity contribution >= 4 is 27.6 Å². The van der Waals surface area contributed by atoms with E-state index in [1.165, 1.54) is 37.4 Å². The molecule has 0 unspecified atom stereocenters. The van der Waals surface area contributed by atoms with E-state index in [2.05, 4.69) is 9.46 Å². The molecule has 2 aromatic carbocycles. The van der Waals surface area contributed by atoms with E-state index in [1.54, 1.807) is 19.1 Å². The van der Waals surface area contributed by atoms with Gasteiger partial charge in [0, 0.05) is 0 Å². The van der Waals surface area contributed by atoms with Gasteiger partial charge in [0.15, 0.2) is 0 Å². The van der Waals surface area contributed by atoms with Gasteiger partial charge in [-0.2, -0.15) is 0 Å². The number of aryl methyl sites for hydroxylation is 1. The number of esters is 1. The molecular weight excluding hydrogens is 332 g/mol. The predicted octanol–water partition coefficient (Wildman–Crippen LogP) is 1.68. The summed E-state index contributed by atoms with van der Waals surface area (Å²) >= 11 is 0. The molecule has 126 valence electrons. The van der Waals surface area contributed by atoms with Crippen molar-refractivity contribution in [2.75, 3.05) is 11.8 Å². The highest BCUT2D eigenvalue weighted by atomic mass is 32.2. The Labute approximate surface area is 139 Å². The number of hydrogen-bond acceptors (Lipinski definition) is 5. The minimum atomic E-state index is -4.03. The van der Waals surface area contributed by atoms with Crippen molar-refractivity contribution in [2.24, 2.45) is 5.73 Å². The van der Waals surface area contributed by atoms with Crippen LogP contribution in [0.4, 0.5) is 5.69 Å². The number of carbonyl (C=O) groups excluding carboxylic acids is 2. The molecule has 0 saturated carbocycles. The Morgan fingerprint density at radius 3 is 2.42 bits per heavy atom. The molecule has 0 bridgehead atoms. The molecule has 1 amide bonds. The van der Waals surface area contributed by atoms with Crippen LogP contribution in [-0.2, 0) is 14.8 Å². The first kappa shape index (κ1) is 17.5. The molecule has 0 fully saturated rings. The van der Waals surface area contributed by atoms with Crippen LogP contribution in [-0.4, -0.2) is 27.4 Å². The summed E-state index contributed by atoms with van der Waals surface area (Å²) in [6.07, 6.45) is 0. The lowest BCUT2D eigenvalue weighted by molar-refractivity contribution is 0.0600. The van der Waals surface area contributed by atoms with Crippen molar-refractivity contribution in [1.29, 1.82) is 0 Å². The summed E-state index contributed by atoms with van der Waals surface area (Å²) in [6, 6.07) is 10.2. The van der Waals surface area contributed by atoms with Crippen LogP contribution < -0.4 is 10.5 Å². The Hall–Kier alpha value is -2.87. The van der Waals surface area contributed by atoms with Gasteiger partial charge in [-0.25, -0.2) is 13.2 Å². The third-order valence-corrected chi connectivity index (χ3v) is 4.84. The first-order chi connectivity index (χ1) is 11.3. The predicted molar refractivity (Wildman–Crippen MR) is 88.3 cm³/mol. The normalized spacial score (nSPS) is 10.9. The molecule has 0 aromatic heterocycles. The van der Waals surface area contributed by atoms with Gasteiger partial charge in [0.1, 0.15) is 0 Å². The number of nitrogens with one attached hydrogen (secondary N) is 1. The first-order valence-corrected chi connectivity index (χ1v) is 8.35. The Balaban J connectivity index is 2.49. The molecule has 0 atom stereocenters.